The predicted octanol–water partition coefficient (Wildman–Crippen LogP) is 1.72. The van der Waals surface area contributed by atoms with E-state index in [1.165, 1.54) is 6.42 Å². The Morgan fingerprint density at radius 2 is 1.86 bits per heavy atom. The number of carbonyl (C=O) groups is 2. The first-order valence-electron chi connectivity index (χ1n) is 10.5. The predicted molar refractivity (Wildman–Crippen MR) is 107 cm³/mol. The van der Waals surface area contributed by atoms with Crippen molar-refractivity contribution in [3.05, 3.63) is 29.8 Å². The maximum atomic E-state index is 12.8. The third-order valence-electron chi connectivity index (χ3n) is 7.01. The van der Waals surface area contributed by atoms with E-state index in [0.29, 0.717) is 31.3 Å². The van der Waals surface area contributed by atoms with E-state index in [9.17, 15) is 9.59 Å². The van der Waals surface area contributed by atoms with E-state index >= 15 is 0 Å². The van der Waals surface area contributed by atoms with E-state index in [0.717, 1.165) is 37.0 Å². The van der Waals surface area contributed by atoms with Gasteiger partial charge in [-0.2, -0.15) is 0 Å². The highest BCUT2D eigenvalue weighted by Gasteiger charge is 2.49. The molecule has 0 radical (unpaired) electrons. The lowest BCUT2D eigenvalue weighted by Gasteiger charge is -2.34. The number of rotatable bonds is 5. The fraction of sp³-hybridized carbons (Fsp3) is 0.636. The summed E-state index contributed by atoms with van der Waals surface area (Å²) in [6, 6.07) is 7.82. The van der Waals surface area contributed by atoms with Gasteiger partial charge in [-0.25, -0.2) is 0 Å². The zero-order chi connectivity index (χ0) is 19.7. The van der Waals surface area contributed by atoms with Crippen molar-refractivity contribution < 1.29 is 14.3 Å². The minimum atomic E-state index is -0.0102. The number of piperidine rings is 1. The van der Waals surface area contributed by atoms with Gasteiger partial charge in [-0.1, -0.05) is 18.2 Å². The van der Waals surface area contributed by atoms with Gasteiger partial charge >= 0.3 is 0 Å². The van der Waals surface area contributed by atoms with Crippen LogP contribution < -0.4 is 15.8 Å². The Morgan fingerprint density at radius 3 is 2.54 bits per heavy atom. The van der Waals surface area contributed by atoms with Crippen molar-refractivity contribution in [1.82, 2.24) is 10.2 Å². The van der Waals surface area contributed by atoms with Gasteiger partial charge in [0.25, 0.3) is 0 Å². The zero-order valence-electron chi connectivity index (χ0n) is 16.6. The minimum absolute atomic E-state index is 0.0102. The number of methoxy groups -OCH3 is 1. The maximum Gasteiger partial charge on any atom is 0.227 e. The van der Waals surface area contributed by atoms with Gasteiger partial charge < -0.3 is 20.7 Å². The van der Waals surface area contributed by atoms with Gasteiger partial charge in [0.05, 0.1) is 19.4 Å². The Labute approximate surface area is 166 Å². The number of fused-ring (bicyclic) bond motifs is 2. The number of carbonyl (C=O) groups excluding carboxylic acids is 2. The van der Waals surface area contributed by atoms with Crippen molar-refractivity contribution in [3.63, 3.8) is 0 Å². The summed E-state index contributed by atoms with van der Waals surface area (Å²) in [5.41, 5.74) is 7.22. The topological polar surface area (TPSA) is 84.7 Å². The minimum Gasteiger partial charge on any atom is -0.496 e. The molecule has 6 nitrogen and oxygen atoms in total. The first kappa shape index (κ1) is 19.2. The van der Waals surface area contributed by atoms with E-state index in [1.807, 2.05) is 29.2 Å². The van der Waals surface area contributed by atoms with Crippen LogP contribution >= 0.6 is 0 Å². The second-order valence-corrected chi connectivity index (χ2v) is 8.59. The summed E-state index contributed by atoms with van der Waals surface area (Å²) in [4.78, 5) is 27.3. The van der Waals surface area contributed by atoms with Crippen LogP contribution in [0.2, 0.25) is 0 Å². The number of hydrogen-bond acceptors (Lipinski definition) is 4. The third kappa shape index (κ3) is 3.75. The van der Waals surface area contributed by atoms with Crippen molar-refractivity contribution in [1.29, 1.82) is 0 Å². The SMILES string of the molecule is COc1ccccc1CC(=O)N1CCC(NC(=O)C2C3CCC(C3)C2N)CC1. The molecule has 1 aromatic rings. The highest BCUT2D eigenvalue weighted by molar-refractivity contribution is 5.81. The molecule has 4 unspecified atom stereocenters. The summed E-state index contributed by atoms with van der Waals surface area (Å²) in [7, 11) is 1.62. The molecule has 28 heavy (non-hydrogen) atoms. The second kappa shape index (κ2) is 8.11. The van der Waals surface area contributed by atoms with E-state index in [-0.39, 0.29) is 29.8 Å². The molecular formula is C22H31N3O3. The Bertz CT molecular complexity index is 727. The molecule has 0 spiro atoms. The summed E-state index contributed by atoms with van der Waals surface area (Å²) in [5.74, 6) is 2.00. The van der Waals surface area contributed by atoms with Crippen LogP contribution in [0, 0.1) is 17.8 Å². The molecule has 3 fully saturated rings. The highest BCUT2D eigenvalue weighted by Crippen LogP contribution is 2.47. The molecule has 4 rings (SSSR count). The zero-order valence-corrected chi connectivity index (χ0v) is 16.6. The number of nitrogens with zero attached hydrogens (tertiary/aromatic N) is 1. The Hall–Kier alpha value is -2.08. The number of amides is 2. The Morgan fingerprint density at radius 1 is 1.14 bits per heavy atom. The van der Waals surface area contributed by atoms with Gasteiger partial charge in [0.2, 0.25) is 11.8 Å². The van der Waals surface area contributed by atoms with Crippen molar-refractivity contribution >= 4 is 11.8 Å². The molecule has 1 saturated heterocycles. The molecule has 2 amide bonds. The normalized spacial score (nSPS) is 29.7. The number of benzene rings is 1. The van der Waals surface area contributed by atoms with Crippen molar-refractivity contribution in [2.45, 2.75) is 50.6 Å². The van der Waals surface area contributed by atoms with Gasteiger partial charge in [-0.15, -0.1) is 0 Å². The van der Waals surface area contributed by atoms with E-state index in [2.05, 4.69) is 5.32 Å². The van der Waals surface area contributed by atoms with Crippen LogP contribution in [0.15, 0.2) is 24.3 Å². The number of nitrogens with one attached hydrogen (secondary N) is 1. The molecule has 4 atom stereocenters. The number of likely N-dealkylation sites (tertiary alicyclic amines) is 1. The van der Waals surface area contributed by atoms with Crippen LogP contribution in [-0.2, 0) is 16.0 Å². The monoisotopic (exact) mass is 385 g/mol. The Kier molecular flexibility index (Phi) is 5.58. The summed E-state index contributed by atoms with van der Waals surface area (Å²) in [5, 5.41) is 3.23. The van der Waals surface area contributed by atoms with E-state index in [1.54, 1.807) is 7.11 Å². The number of para-hydroxylation sites is 1. The second-order valence-electron chi connectivity index (χ2n) is 8.59. The van der Waals surface area contributed by atoms with Crippen molar-refractivity contribution in [3.8, 4) is 5.75 Å². The molecule has 3 N–H and O–H groups in total. The molecule has 0 aromatic heterocycles. The molecule has 152 valence electrons. The number of ether oxygens (including phenoxy) is 1. The molecule has 1 aromatic carbocycles. The number of hydrogen-bond donors (Lipinski definition) is 2. The molecule has 1 aliphatic heterocycles. The molecule has 2 aliphatic carbocycles. The standard InChI is InChI=1S/C22H31N3O3/c1-28-18-5-3-2-4-14(18)13-19(26)25-10-8-17(9-11-25)24-22(27)20-15-6-7-16(12-15)21(20)23/h2-5,15-17,20-21H,6-13,23H2,1H3,(H,24,27). The van der Waals surface area contributed by atoms with Gasteiger partial charge in [0, 0.05) is 30.7 Å². The van der Waals surface area contributed by atoms with Gasteiger partial charge in [0.15, 0.2) is 0 Å². The molecule has 2 saturated carbocycles. The summed E-state index contributed by atoms with van der Waals surface area (Å²) < 4.78 is 5.34. The number of nitrogens with two attached hydrogens (primary N) is 1. The summed E-state index contributed by atoms with van der Waals surface area (Å²) in [6.45, 7) is 1.36. The third-order valence-corrected chi connectivity index (χ3v) is 7.01. The fourth-order valence-electron chi connectivity index (χ4n) is 5.42. The average molecular weight is 386 g/mol. The first-order chi connectivity index (χ1) is 13.6. The maximum absolute atomic E-state index is 12.8. The quantitative estimate of drug-likeness (QED) is 0.808. The van der Waals surface area contributed by atoms with Crippen molar-refractivity contribution in [2.75, 3.05) is 20.2 Å². The van der Waals surface area contributed by atoms with Crippen LogP contribution in [0.5, 0.6) is 5.75 Å². The lowest BCUT2D eigenvalue weighted by molar-refractivity contribution is -0.132. The molecule has 1 heterocycles. The lowest BCUT2D eigenvalue weighted by Crippen LogP contribution is -2.51. The summed E-state index contributed by atoms with van der Waals surface area (Å²) in [6.07, 6.45) is 5.41. The molecule has 2 bridgehead atoms. The Balaban J connectivity index is 1.26. The average Bonchev–Trinajstić information content (AvgIpc) is 3.30. The highest BCUT2D eigenvalue weighted by atomic mass is 16.5. The van der Waals surface area contributed by atoms with E-state index < -0.39 is 0 Å². The van der Waals surface area contributed by atoms with Crippen LogP contribution in [0.1, 0.15) is 37.7 Å². The lowest BCUT2D eigenvalue weighted by atomic mass is 9.84. The van der Waals surface area contributed by atoms with Gasteiger partial charge in [-0.05, 0) is 50.0 Å². The van der Waals surface area contributed by atoms with Crippen LogP contribution in [0.25, 0.3) is 0 Å². The largest absolute Gasteiger partial charge is 0.496 e. The van der Waals surface area contributed by atoms with Crippen LogP contribution in [0.4, 0.5) is 0 Å². The molecule has 6 heteroatoms. The van der Waals surface area contributed by atoms with E-state index in [4.69, 9.17) is 10.5 Å². The smallest absolute Gasteiger partial charge is 0.227 e. The molecule has 3 aliphatic rings. The molecular weight excluding hydrogens is 354 g/mol. The van der Waals surface area contributed by atoms with Gasteiger partial charge in [-0.3, -0.25) is 9.59 Å². The fourth-order valence-corrected chi connectivity index (χ4v) is 5.42. The van der Waals surface area contributed by atoms with Crippen molar-refractivity contribution in [2.24, 2.45) is 23.5 Å². The van der Waals surface area contributed by atoms with Crippen LogP contribution in [0.3, 0.4) is 0 Å². The first-order valence-corrected chi connectivity index (χ1v) is 10.5. The van der Waals surface area contributed by atoms with Gasteiger partial charge in [0.1, 0.15) is 5.75 Å². The van der Waals surface area contributed by atoms with Crippen LogP contribution in [-0.4, -0.2) is 49.0 Å². The summed E-state index contributed by atoms with van der Waals surface area (Å²) >= 11 is 0.